The Balaban J connectivity index is 2.59. The van der Waals surface area contributed by atoms with Crippen molar-refractivity contribution in [1.82, 2.24) is 10.1 Å². The maximum absolute atomic E-state index is 4.78. The van der Waals surface area contributed by atoms with Crippen molar-refractivity contribution in [2.45, 2.75) is 5.75 Å². The smallest absolute Gasteiger partial charge is 0.321 e. The maximum Gasteiger partial charge on any atom is 0.321 e. The van der Waals surface area contributed by atoms with E-state index >= 15 is 0 Å². The van der Waals surface area contributed by atoms with Gasteiger partial charge in [-0.05, 0) is 6.26 Å². The van der Waals surface area contributed by atoms with E-state index in [4.69, 9.17) is 4.52 Å². The zero-order chi connectivity index (χ0) is 7.40. The fourth-order valence-corrected chi connectivity index (χ4v) is 0.919. The Morgan fingerprint density at radius 2 is 2.50 bits per heavy atom. The van der Waals surface area contributed by atoms with Crippen LogP contribution in [0, 0.1) is 0 Å². The average molecular weight is 159 g/mol. The van der Waals surface area contributed by atoms with Gasteiger partial charge in [0.2, 0.25) is 0 Å². The topological polar surface area (TPSA) is 51.0 Å². The Bertz CT molecular complexity index is 201. The molecule has 1 aromatic heterocycles. The van der Waals surface area contributed by atoms with E-state index in [-0.39, 0.29) is 0 Å². The van der Waals surface area contributed by atoms with E-state index in [1.54, 1.807) is 18.8 Å². The Morgan fingerprint density at radius 1 is 1.70 bits per heavy atom. The van der Waals surface area contributed by atoms with Gasteiger partial charge in [0.15, 0.2) is 5.82 Å². The molecule has 4 nitrogen and oxygen atoms in total. The van der Waals surface area contributed by atoms with Crippen LogP contribution in [0.5, 0.6) is 0 Å². The van der Waals surface area contributed by atoms with Crippen LogP contribution in [0.25, 0.3) is 0 Å². The van der Waals surface area contributed by atoms with E-state index in [9.17, 15) is 0 Å². The maximum atomic E-state index is 4.78. The van der Waals surface area contributed by atoms with Crippen molar-refractivity contribution in [3.8, 4) is 0 Å². The molecule has 0 radical (unpaired) electrons. The summed E-state index contributed by atoms with van der Waals surface area (Å²) in [7, 11) is 1.75. The van der Waals surface area contributed by atoms with Gasteiger partial charge in [0.1, 0.15) is 0 Å². The normalized spacial score (nSPS) is 9.80. The van der Waals surface area contributed by atoms with Gasteiger partial charge in [0.25, 0.3) is 0 Å². The van der Waals surface area contributed by atoms with E-state index in [1.165, 1.54) is 0 Å². The second-order valence-corrected chi connectivity index (χ2v) is 2.56. The molecule has 0 fully saturated rings. The van der Waals surface area contributed by atoms with Crippen LogP contribution < -0.4 is 5.32 Å². The lowest BCUT2D eigenvalue weighted by Crippen LogP contribution is -1.87. The van der Waals surface area contributed by atoms with Crippen molar-refractivity contribution in [3.63, 3.8) is 0 Å². The van der Waals surface area contributed by atoms with Gasteiger partial charge in [0, 0.05) is 7.05 Å². The highest BCUT2D eigenvalue weighted by Gasteiger charge is 2.01. The quantitative estimate of drug-likeness (QED) is 0.712. The molecule has 1 N–H and O–H groups in total. The Kier molecular flexibility index (Phi) is 2.56. The second kappa shape index (κ2) is 3.46. The van der Waals surface area contributed by atoms with Gasteiger partial charge in [-0.3, -0.25) is 0 Å². The van der Waals surface area contributed by atoms with Crippen molar-refractivity contribution in [3.05, 3.63) is 5.82 Å². The van der Waals surface area contributed by atoms with Crippen molar-refractivity contribution in [2.75, 3.05) is 18.6 Å². The second-order valence-electron chi connectivity index (χ2n) is 1.70. The van der Waals surface area contributed by atoms with E-state index in [2.05, 4.69) is 15.5 Å². The molecule has 0 amide bonds. The standard InChI is InChI=1S/C5H9N3OS/c1-6-5-7-4(3-10-2)8-9-5/h3H2,1-2H3,(H,6,7,8). The lowest BCUT2D eigenvalue weighted by Gasteiger charge is -1.84. The highest BCUT2D eigenvalue weighted by Crippen LogP contribution is 2.07. The minimum atomic E-state index is 0.476. The van der Waals surface area contributed by atoms with Crippen LogP contribution in [0.2, 0.25) is 0 Å². The summed E-state index contributed by atoms with van der Waals surface area (Å²) in [6, 6.07) is 0.476. The van der Waals surface area contributed by atoms with Crippen LogP contribution in [0.3, 0.4) is 0 Å². The summed E-state index contributed by atoms with van der Waals surface area (Å²) >= 11 is 1.67. The predicted molar refractivity (Wildman–Crippen MR) is 41.1 cm³/mol. The third kappa shape index (κ3) is 1.63. The molecule has 56 valence electrons. The average Bonchev–Trinajstić information content (AvgIpc) is 2.37. The molecule has 0 aliphatic heterocycles. The number of hydrogen-bond acceptors (Lipinski definition) is 5. The Morgan fingerprint density at radius 3 is 3.00 bits per heavy atom. The third-order valence-electron chi connectivity index (χ3n) is 0.955. The monoisotopic (exact) mass is 159 g/mol. The van der Waals surface area contributed by atoms with Gasteiger partial charge in [-0.1, -0.05) is 5.16 Å². The summed E-state index contributed by atoms with van der Waals surface area (Å²) in [5.74, 6) is 1.53. The lowest BCUT2D eigenvalue weighted by atomic mass is 10.7. The van der Waals surface area contributed by atoms with Crippen LogP contribution in [0.1, 0.15) is 5.82 Å². The van der Waals surface area contributed by atoms with E-state index in [0.717, 1.165) is 11.6 Å². The molecular weight excluding hydrogens is 150 g/mol. The van der Waals surface area contributed by atoms with Crippen LogP contribution in [-0.2, 0) is 5.75 Å². The zero-order valence-corrected chi connectivity index (χ0v) is 6.73. The van der Waals surface area contributed by atoms with Gasteiger partial charge >= 0.3 is 6.01 Å². The number of nitrogens with one attached hydrogen (secondary N) is 1. The van der Waals surface area contributed by atoms with Crippen molar-refractivity contribution in [1.29, 1.82) is 0 Å². The van der Waals surface area contributed by atoms with E-state index in [1.807, 2.05) is 6.26 Å². The van der Waals surface area contributed by atoms with Gasteiger partial charge in [-0.25, -0.2) is 0 Å². The Labute approximate surface area is 63.4 Å². The third-order valence-corrected chi connectivity index (χ3v) is 1.50. The summed E-state index contributed by atoms with van der Waals surface area (Å²) < 4.78 is 4.78. The van der Waals surface area contributed by atoms with Crippen molar-refractivity contribution < 1.29 is 4.52 Å². The molecule has 0 aliphatic rings. The summed E-state index contributed by atoms with van der Waals surface area (Å²) in [5.41, 5.74) is 0. The zero-order valence-electron chi connectivity index (χ0n) is 5.92. The molecule has 1 heterocycles. The molecule has 0 unspecified atom stereocenters. The number of nitrogens with zero attached hydrogens (tertiary/aromatic N) is 2. The number of anilines is 1. The number of thioether (sulfide) groups is 1. The van der Waals surface area contributed by atoms with Crippen LogP contribution in [0.15, 0.2) is 4.52 Å². The molecule has 1 aromatic rings. The summed E-state index contributed by atoms with van der Waals surface area (Å²) in [5, 5.41) is 6.46. The first-order valence-corrected chi connectivity index (χ1v) is 4.25. The molecule has 0 saturated carbocycles. The van der Waals surface area contributed by atoms with Gasteiger partial charge in [0.05, 0.1) is 5.75 Å². The first kappa shape index (κ1) is 7.40. The van der Waals surface area contributed by atoms with Crippen molar-refractivity contribution in [2.24, 2.45) is 0 Å². The van der Waals surface area contributed by atoms with E-state index in [0.29, 0.717) is 6.01 Å². The van der Waals surface area contributed by atoms with Gasteiger partial charge < -0.3 is 9.84 Å². The fraction of sp³-hybridized carbons (Fsp3) is 0.600. The fourth-order valence-electron chi connectivity index (χ4n) is 0.543. The minimum Gasteiger partial charge on any atom is -0.341 e. The van der Waals surface area contributed by atoms with Crippen molar-refractivity contribution >= 4 is 17.8 Å². The lowest BCUT2D eigenvalue weighted by molar-refractivity contribution is 0.427. The first-order valence-electron chi connectivity index (χ1n) is 2.86. The van der Waals surface area contributed by atoms with Gasteiger partial charge in [-0.2, -0.15) is 16.7 Å². The first-order chi connectivity index (χ1) is 4.86. The molecular formula is C5H9N3OS. The highest BCUT2D eigenvalue weighted by molar-refractivity contribution is 7.97. The molecule has 0 aromatic carbocycles. The number of rotatable bonds is 3. The Hall–Kier alpha value is -0.710. The summed E-state index contributed by atoms with van der Waals surface area (Å²) in [6.07, 6.45) is 2.00. The minimum absolute atomic E-state index is 0.476. The van der Waals surface area contributed by atoms with Crippen LogP contribution >= 0.6 is 11.8 Å². The molecule has 0 aliphatic carbocycles. The SMILES string of the molecule is CNc1nc(CSC)no1. The molecule has 0 spiro atoms. The predicted octanol–water partition coefficient (Wildman–Crippen LogP) is 0.974. The highest BCUT2D eigenvalue weighted by atomic mass is 32.2. The summed E-state index contributed by atoms with van der Waals surface area (Å²) in [6.45, 7) is 0. The summed E-state index contributed by atoms with van der Waals surface area (Å²) in [4.78, 5) is 4.01. The molecule has 0 saturated heterocycles. The molecule has 1 rings (SSSR count). The van der Waals surface area contributed by atoms with Crippen LogP contribution in [0.4, 0.5) is 6.01 Å². The molecule has 10 heavy (non-hydrogen) atoms. The van der Waals surface area contributed by atoms with Gasteiger partial charge in [-0.15, -0.1) is 0 Å². The van der Waals surface area contributed by atoms with E-state index < -0.39 is 0 Å². The number of aromatic nitrogens is 2. The molecule has 0 atom stereocenters. The molecule has 5 heteroatoms. The van der Waals surface area contributed by atoms with Crippen LogP contribution in [-0.4, -0.2) is 23.4 Å². The largest absolute Gasteiger partial charge is 0.341 e. The number of hydrogen-bond donors (Lipinski definition) is 1. The molecule has 0 bridgehead atoms.